The molecular formula is C31H33ClF2N6O3. The highest BCUT2D eigenvalue weighted by Gasteiger charge is 2.50. The normalized spacial score (nSPS) is 31.2. The lowest BCUT2D eigenvalue weighted by Crippen LogP contribution is -2.60. The second kappa shape index (κ2) is 9.49. The molecule has 7 heterocycles. The van der Waals surface area contributed by atoms with E-state index in [4.69, 9.17) is 31.0 Å². The Balaban J connectivity index is 1.21. The van der Waals surface area contributed by atoms with Crippen LogP contribution in [0.2, 0.25) is 5.02 Å². The van der Waals surface area contributed by atoms with Crippen LogP contribution in [0.5, 0.6) is 17.6 Å². The smallest absolute Gasteiger partial charge is 0.319 e. The van der Waals surface area contributed by atoms with Crippen LogP contribution in [0.1, 0.15) is 56.4 Å². The van der Waals surface area contributed by atoms with Crippen LogP contribution >= 0.6 is 11.6 Å². The molecule has 1 saturated carbocycles. The highest BCUT2D eigenvalue weighted by Crippen LogP contribution is 2.50. The van der Waals surface area contributed by atoms with Crippen molar-refractivity contribution in [1.29, 1.82) is 0 Å². The fourth-order valence-electron chi connectivity index (χ4n) is 8.39. The molecule has 5 aliphatic heterocycles. The number of nitrogens with one attached hydrogen (secondary N) is 1. The van der Waals surface area contributed by atoms with Crippen molar-refractivity contribution in [2.75, 3.05) is 37.7 Å². The first-order chi connectivity index (χ1) is 20.9. The first kappa shape index (κ1) is 26.4. The summed E-state index contributed by atoms with van der Waals surface area (Å²) in [5.41, 5.74) is 0.920. The van der Waals surface area contributed by atoms with Crippen molar-refractivity contribution in [2.45, 2.75) is 80.7 Å². The van der Waals surface area contributed by atoms with E-state index in [0.29, 0.717) is 53.9 Å². The zero-order valence-corrected chi connectivity index (χ0v) is 24.4. The molecule has 9 rings (SSSR count). The molecule has 43 heavy (non-hydrogen) atoms. The number of ether oxygens (including phenoxy) is 2. The zero-order valence-electron chi connectivity index (χ0n) is 23.7. The van der Waals surface area contributed by atoms with Gasteiger partial charge >= 0.3 is 6.01 Å². The molecular weight excluding hydrogens is 578 g/mol. The van der Waals surface area contributed by atoms with Gasteiger partial charge in [0.1, 0.15) is 47.5 Å². The molecule has 2 N–H and O–H groups in total. The van der Waals surface area contributed by atoms with E-state index in [1.165, 1.54) is 12.1 Å². The number of phenolic OH excluding ortho intramolecular Hbond substituents is 1. The van der Waals surface area contributed by atoms with Crippen LogP contribution in [0.15, 0.2) is 12.1 Å². The lowest BCUT2D eigenvalue weighted by atomic mass is 9.95. The number of halogens is 3. The lowest BCUT2D eigenvalue weighted by molar-refractivity contribution is 0.107. The van der Waals surface area contributed by atoms with Gasteiger partial charge in [0, 0.05) is 42.2 Å². The molecule has 9 nitrogen and oxygen atoms in total. The van der Waals surface area contributed by atoms with Crippen molar-refractivity contribution >= 4 is 28.3 Å². The molecule has 0 radical (unpaired) electrons. The highest BCUT2D eigenvalue weighted by atomic mass is 35.5. The van der Waals surface area contributed by atoms with Gasteiger partial charge in [-0.05, 0) is 68.7 Å². The Hall–Kier alpha value is -3.02. The van der Waals surface area contributed by atoms with Crippen molar-refractivity contribution in [3.05, 3.63) is 28.5 Å². The molecule has 3 aromatic rings. The fourth-order valence-corrected chi connectivity index (χ4v) is 8.76. The predicted molar refractivity (Wildman–Crippen MR) is 156 cm³/mol. The zero-order chi connectivity index (χ0) is 29.0. The molecule has 0 spiro atoms. The summed E-state index contributed by atoms with van der Waals surface area (Å²) in [6.07, 6.45) is 5.31. The van der Waals surface area contributed by atoms with Crippen LogP contribution in [0.25, 0.3) is 22.2 Å². The van der Waals surface area contributed by atoms with Crippen molar-refractivity contribution in [1.82, 2.24) is 25.2 Å². The van der Waals surface area contributed by atoms with Gasteiger partial charge in [0.05, 0.1) is 11.6 Å². The van der Waals surface area contributed by atoms with Gasteiger partial charge in [0.25, 0.3) is 0 Å². The number of alkyl halides is 1. The van der Waals surface area contributed by atoms with Gasteiger partial charge in [0.15, 0.2) is 5.82 Å². The van der Waals surface area contributed by atoms with Crippen LogP contribution in [0.3, 0.4) is 0 Å². The lowest BCUT2D eigenvalue weighted by Gasteiger charge is -2.40. The van der Waals surface area contributed by atoms with Gasteiger partial charge in [-0.15, -0.1) is 0 Å². The summed E-state index contributed by atoms with van der Waals surface area (Å²) in [7, 11) is 0. The van der Waals surface area contributed by atoms with Crippen molar-refractivity contribution in [2.24, 2.45) is 0 Å². The van der Waals surface area contributed by atoms with Crippen LogP contribution in [-0.2, 0) is 0 Å². The topological polar surface area (TPSA) is 95.9 Å². The van der Waals surface area contributed by atoms with Gasteiger partial charge in [-0.1, -0.05) is 11.6 Å². The second-order valence-corrected chi connectivity index (χ2v) is 13.6. The third-order valence-electron chi connectivity index (χ3n) is 10.5. The first-order valence-corrected chi connectivity index (χ1v) is 15.9. The Labute approximate surface area is 252 Å². The third kappa shape index (κ3) is 4.10. The van der Waals surface area contributed by atoms with Crippen molar-refractivity contribution in [3.63, 3.8) is 0 Å². The largest absolute Gasteiger partial charge is 0.508 e. The van der Waals surface area contributed by atoms with E-state index in [1.807, 2.05) is 0 Å². The summed E-state index contributed by atoms with van der Waals surface area (Å²) in [4.78, 5) is 18.7. The first-order valence-electron chi connectivity index (χ1n) is 15.5. The number of rotatable bonds is 5. The summed E-state index contributed by atoms with van der Waals surface area (Å²) in [5.74, 6) is 0.292. The average molecular weight is 611 g/mol. The molecule has 1 aromatic carbocycles. The van der Waals surface area contributed by atoms with E-state index in [0.717, 1.165) is 50.6 Å². The highest BCUT2D eigenvalue weighted by molar-refractivity contribution is 6.32. The van der Waals surface area contributed by atoms with Crippen LogP contribution in [-0.4, -0.2) is 87.6 Å². The molecule has 2 aromatic heterocycles. The van der Waals surface area contributed by atoms with E-state index >= 15 is 4.39 Å². The minimum absolute atomic E-state index is 0.0197. The summed E-state index contributed by atoms with van der Waals surface area (Å²) in [6, 6.07) is 3.57. The number of aromatic hydroxyl groups is 1. The number of anilines is 1. The van der Waals surface area contributed by atoms with E-state index in [2.05, 4.69) is 20.1 Å². The summed E-state index contributed by atoms with van der Waals surface area (Å²) in [6.45, 7) is 2.56. The number of nitrogens with zero attached hydrogens (tertiary/aromatic N) is 5. The van der Waals surface area contributed by atoms with E-state index < -0.39 is 17.5 Å². The van der Waals surface area contributed by atoms with Gasteiger partial charge in [0.2, 0.25) is 5.88 Å². The Bertz CT molecular complexity index is 1660. The number of phenols is 1. The Morgan fingerprint density at radius 2 is 2.05 bits per heavy atom. The summed E-state index contributed by atoms with van der Waals surface area (Å²) < 4.78 is 44.0. The van der Waals surface area contributed by atoms with Crippen LogP contribution in [0.4, 0.5) is 14.6 Å². The molecule has 6 aliphatic rings. The maximum absolute atomic E-state index is 16.8. The molecule has 5 fully saturated rings. The maximum atomic E-state index is 16.8. The molecule has 1 aliphatic carbocycles. The second-order valence-electron chi connectivity index (χ2n) is 13.2. The molecule has 2 bridgehead atoms. The SMILES string of the molecule is Oc1cc(Cl)c(C2CC2)c(-c2nc3c4c(nc(OC[C@]56CCCN5C[C@@H](F)C6)nc4c2F)N2C[C@@H]4CC[C@@H](N4)[C@@H]2CO3)c1. The minimum atomic E-state index is -0.885. The average Bonchev–Trinajstić information content (AvgIpc) is 3.56. The Kier molecular flexibility index (Phi) is 5.82. The Morgan fingerprint density at radius 1 is 1.16 bits per heavy atom. The maximum Gasteiger partial charge on any atom is 0.319 e. The van der Waals surface area contributed by atoms with Gasteiger partial charge in [-0.2, -0.15) is 9.97 Å². The fraction of sp³-hybridized carbons (Fsp3) is 0.581. The number of fused-ring (bicyclic) bond motifs is 6. The van der Waals surface area contributed by atoms with Gasteiger partial charge in [-0.3, -0.25) is 4.90 Å². The van der Waals surface area contributed by atoms with Crippen molar-refractivity contribution in [3.8, 4) is 28.9 Å². The molecule has 12 heteroatoms. The molecule has 0 unspecified atom stereocenters. The molecule has 5 atom stereocenters. The molecule has 4 saturated heterocycles. The molecule has 0 amide bonds. The monoisotopic (exact) mass is 610 g/mol. The van der Waals surface area contributed by atoms with E-state index in [1.54, 1.807) is 0 Å². The predicted octanol–water partition coefficient (Wildman–Crippen LogP) is 4.72. The number of hydrogen-bond donors (Lipinski definition) is 2. The Morgan fingerprint density at radius 3 is 2.91 bits per heavy atom. The van der Waals surface area contributed by atoms with Crippen molar-refractivity contribution < 1.29 is 23.4 Å². The number of aromatic nitrogens is 3. The van der Waals surface area contributed by atoms with Gasteiger partial charge < -0.3 is 24.8 Å². The van der Waals surface area contributed by atoms with Gasteiger partial charge in [-0.25, -0.2) is 13.8 Å². The molecule has 226 valence electrons. The summed E-state index contributed by atoms with van der Waals surface area (Å²) >= 11 is 6.60. The number of benzene rings is 1. The van der Waals surface area contributed by atoms with Crippen LogP contribution in [0, 0.1) is 5.82 Å². The number of hydrogen-bond acceptors (Lipinski definition) is 9. The minimum Gasteiger partial charge on any atom is -0.508 e. The number of piperazine rings is 1. The third-order valence-corrected chi connectivity index (χ3v) is 10.8. The quantitative estimate of drug-likeness (QED) is 0.425. The number of pyridine rings is 1. The summed E-state index contributed by atoms with van der Waals surface area (Å²) in [5, 5.41) is 15.0. The standard InChI is InChI=1S/C31H33ClF2N6O3/c32-20-9-18(41)8-19(23(20)15-2-3-15)26-25(34)27-24-28(40-12-17-4-5-21(35-17)22(40)13-42-29(24)36-26)38-30(37-27)43-14-31-6-1-7-39(31)11-16(33)10-31/h8-9,15-17,21-22,35,41H,1-7,10-14H2/t16-,17-,21+,22-,31+/m0/s1. The van der Waals surface area contributed by atoms with Crippen LogP contribution < -0.4 is 19.7 Å². The van der Waals surface area contributed by atoms with E-state index in [-0.39, 0.29) is 53.5 Å². The van der Waals surface area contributed by atoms with E-state index in [9.17, 15) is 9.50 Å².